The van der Waals surface area contributed by atoms with Crippen molar-refractivity contribution in [2.24, 2.45) is 17.8 Å². The Kier molecular flexibility index (Phi) is 3.91. The van der Waals surface area contributed by atoms with Crippen LogP contribution in [-0.2, 0) is 6.54 Å². The van der Waals surface area contributed by atoms with Gasteiger partial charge in [-0.15, -0.1) is 22.7 Å². The molecule has 1 nitrogen and oxygen atoms in total. The van der Waals surface area contributed by atoms with Crippen LogP contribution in [0.3, 0.4) is 0 Å². The summed E-state index contributed by atoms with van der Waals surface area (Å²) in [4.78, 5) is 2.85. The minimum absolute atomic E-state index is 0.674. The minimum atomic E-state index is 0.674. The number of fused-ring (bicyclic) bond motifs is 2. The number of rotatable bonds is 5. The molecule has 112 valence electrons. The molecule has 1 N–H and O–H groups in total. The van der Waals surface area contributed by atoms with Crippen molar-refractivity contribution in [3.63, 3.8) is 0 Å². The summed E-state index contributed by atoms with van der Waals surface area (Å²) in [5.41, 5.74) is 1.39. The van der Waals surface area contributed by atoms with Gasteiger partial charge in [0.25, 0.3) is 0 Å². The summed E-state index contributed by atoms with van der Waals surface area (Å²) >= 11 is 3.72. The molecule has 21 heavy (non-hydrogen) atoms. The molecule has 0 spiro atoms. The zero-order valence-electron chi connectivity index (χ0n) is 12.5. The summed E-state index contributed by atoms with van der Waals surface area (Å²) in [6.07, 6.45) is 5.98. The first kappa shape index (κ1) is 14.0. The van der Waals surface area contributed by atoms with Crippen LogP contribution < -0.4 is 5.32 Å². The zero-order chi connectivity index (χ0) is 14.2. The lowest BCUT2D eigenvalue weighted by atomic mass is 9.84. The van der Waals surface area contributed by atoms with Crippen molar-refractivity contribution in [2.75, 3.05) is 0 Å². The first-order valence-corrected chi connectivity index (χ1v) is 9.90. The second-order valence-corrected chi connectivity index (χ2v) is 8.73. The predicted octanol–water partition coefficient (Wildman–Crippen LogP) is 5.39. The quantitative estimate of drug-likeness (QED) is 0.779. The van der Waals surface area contributed by atoms with Gasteiger partial charge in [-0.1, -0.05) is 12.5 Å². The van der Waals surface area contributed by atoms with Crippen LogP contribution in [0.5, 0.6) is 0 Å². The van der Waals surface area contributed by atoms with E-state index < -0.39 is 0 Å². The Morgan fingerprint density at radius 2 is 2.24 bits per heavy atom. The summed E-state index contributed by atoms with van der Waals surface area (Å²) < 4.78 is 0. The van der Waals surface area contributed by atoms with Gasteiger partial charge in [0.1, 0.15) is 0 Å². The standard InChI is InChI=1S/C18H23NS2/c1-12(17-8-13-4-5-14(17)7-13)19-10-16-9-15(11-21-16)18-3-2-6-20-18/h2-3,6,9,11-14,17,19H,4-5,7-8,10H2,1H3. The third kappa shape index (κ3) is 2.84. The molecule has 2 aliphatic rings. The Labute approximate surface area is 135 Å². The Hall–Kier alpha value is -0.640. The third-order valence-corrected chi connectivity index (χ3v) is 7.35. The van der Waals surface area contributed by atoms with E-state index in [2.05, 4.69) is 41.2 Å². The largest absolute Gasteiger partial charge is 0.309 e. The molecule has 4 rings (SSSR count). The van der Waals surface area contributed by atoms with Crippen LogP contribution >= 0.6 is 22.7 Å². The molecule has 0 aliphatic heterocycles. The van der Waals surface area contributed by atoms with Crippen molar-refractivity contribution in [3.8, 4) is 10.4 Å². The highest BCUT2D eigenvalue weighted by Gasteiger charge is 2.41. The molecule has 4 atom stereocenters. The number of hydrogen-bond acceptors (Lipinski definition) is 3. The van der Waals surface area contributed by atoms with Gasteiger partial charge >= 0.3 is 0 Å². The average molecular weight is 318 g/mol. The summed E-state index contributed by atoms with van der Waals surface area (Å²) in [5, 5.41) is 8.25. The van der Waals surface area contributed by atoms with Crippen LogP contribution in [0.25, 0.3) is 10.4 Å². The lowest BCUT2D eigenvalue weighted by Crippen LogP contribution is -2.35. The molecule has 0 radical (unpaired) electrons. The average Bonchev–Trinajstić information content (AvgIpc) is 3.28. The molecular weight excluding hydrogens is 294 g/mol. The first-order valence-electron chi connectivity index (χ1n) is 8.14. The maximum Gasteiger partial charge on any atom is 0.0351 e. The second-order valence-electron chi connectivity index (χ2n) is 6.79. The first-order chi connectivity index (χ1) is 10.3. The lowest BCUT2D eigenvalue weighted by Gasteiger charge is -2.28. The van der Waals surface area contributed by atoms with Crippen molar-refractivity contribution in [1.29, 1.82) is 0 Å². The molecule has 2 aromatic heterocycles. The Morgan fingerprint density at radius 3 is 2.95 bits per heavy atom. The van der Waals surface area contributed by atoms with Gasteiger partial charge in [-0.05, 0) is 66.8 Å². The SMILES string of the molecule is CC(NCc1cc(-c2cccs2)cs1)C1CC2CCC1C2. The van der Waals surface area contributed by atoms with Crippen molar-refractivity contribution in [3.05, 3.63) is 33.8 Å². The van der Waals surface area contributed by atoms with E-state index in [1.54, 1.807) is 0 Å². The minimum Gasteiger partial charge on any atom is -0.309 e. The Balaban J connectivity index is 1.34. The van der Waals surface area contributed by atoms with E-state index in [1.165, 1.54) is 41.0 Å². The molecule has 2 aliphatic carbocycles. The van der Waals surface area contributed by atoms with Gasteiger partial charge in [0.05, 0.1) is 0 Å². The van der Waals surface area contributed by atoms with Crippen LogP contribution in [0.15, 0.2) is 29.0 Å². The molecule has 0 aromatic carbocycles. The lowest BCUT2D eigenvalue weighted by molar-refractivity contribution is 0.260. The van der Waals surface area contributed by atoms with Crippen LogP contribution in [0, 0.1) is 17.8 Å². The highest BCUT2D eigenvalue weighted by atomic mass is 32.1. The fraction of sp³-hybridized carbons (Fsp3) is 0.556. The topological polar surface area (TPSA) is 12.0 Å². The van der Waals surface area contributed by atoms with Crippen molar-refractivity contribution in [1.82, 2.24) is 5.32 Å². The summed E-state index contributed by atoms with van der Waals surface area (Å²) in [6, 6.07) is 7.37. The van der Waals surface area contributed by atoms with Crippen LogP contribution in [0.2, 0.25) is 0 Å². The number of thiophene rings is 2. The van der Waals surface area contributed by atoms with Gasteiger partial charge in [-0.3, -0.25) is 0 Å². The van der Waals surface area contributed by atoms with E-state index in [0.717, 1.165) is 24.3 Å². The molecular formula is C18H23NS2. The van der Waals surface area contributed by atoms with Gasteiger partial charge in [-0.2, -0.15) is 0 Å². The molecule has 0 saturated heterocycles. The van der Waals surface area contributed by atoms with Crippen LogP contribution in [-0.4, -0.2) is 6.04 Å². The van der Waals surface area contributed by atoms with Gasteiger partial charge < -0.3 is 5.32 Å². The molecule has 0 amide bonds. The molecule has 3 heteroatoms. The van der Waals surface area contributed by atoms with Crippen LogP contribution in [0.1, 0.15) is 37.5 Å². The fourth-order valence-corrected chi connectivity index (χ4v) is 5.99. The summed E-state index contributed by atoms with van der Waals surface area (Å²) in [7, 11) is 0. The van der Waals surface area contributed by atoms with Gasteiger partial charge in [0.15, 0.2) is 0 Å². The Bertz CT molecular complexity index is 586. The molecule has 2 fully saturated rings. The number of hydrogen-bond donors (Lipinski definition) is 1. The maximum absolute atomic E-state index is 3.80. The third-order valence-electron chi connectivity index (χ3n) is 5.49. The monoisotopic (exact) mass is 317 g/mol. The molecule has 2 bridgehead atoms. The molecule has 2 heterocycles. The van der Waals surface area contributed by atoms with Crippen molar-refractivity contribution < 1.29 is 0 Å². The smallest absolute Gasteiger partial charge is 0.0351 e. The van der Waals surface area contributed by atoms with E-state index >= 15 is 0 Å². The summed E-state index contributed by atoms with van der Waals surface area (Å²) in [6.45, 7) is 3.43. The maximum atomic E-state index is 3.80. The highest BCUT2D eigenvalue weighted by molar-refractivity contribution is 7.14. The summed E-state index contributed by atoms with van der Waals surface area (Å²) in [5.74, 6) is 3.00. The predicted molar refractivity (Wildman–Crippen MR) is 92.9 cm³/mol. The van der Waals surface area contributed by atoms with Crippen molar-refractivity contribution in [2.45, 2.75) is 45.2 Å². The Morgan fingerprint density at radius 1 is 1.29 bits per heavy atom. The fourth-order valence-electron chi connectivity index (χ4n) is 4.36. The second kappa shape index (κ2) is 5.86. The van der Waals surface area contributed by atoms with Gasteiger partial charge in [0.2, 0.25) is 0 Å². The van der Waals surface area contributed by atoms with Gasteiger partial charge in [-0.25, -0.2) is 0 Å². The van der Waals surface area contributed by atoms with Crippen molar-refractivity contribution >= 4 is 22.7 Å². The van der Waals surface area contributed by atoms with E-state index in [1.807, 2.05) is 22.7 Å². The van der Waals surface area contributed by atoms with E-state index in [0.29, 0.717) is 6.04 Å². The normalized spacial score (nSPS) is 29.1. The van der Waals surface area contributed by atoms with Crippen LogP contribution in [0.4, 0.5) is 0 Å². The van der Waals surface area contributed by atoms with E-state index in [4.69, 9.17) is 0 Å². The molecule has 2 saturated carbocycles. The van der Waals surface area contributed by atoms with E-state index in [-0.39, 0.29) is 0 Å². The zero-order valence-corrected chi connectivity index (χ0v) is 14.2. The highest BCUT2D eigenvalue weighted by Crippen LogP contribution is 2.49. The molecule has 4 unspecified atom stereocenters. The molecule has 2 aromatic rings. The van der Waals surface area contributed by atoms with E-state index in [9.17, 15) is 0 Å². The number of nitrogens with one attached hydrogen (secondary N) is 1. The van der Waals surface area contributed by atoms with Gasteiger partial charge in [0, 0.05) is 27.9 Å².